The normalized spacial score (nSPS) is 25.3. The van der Waals surface area contributed by atoms with E-state index in [0.717, 1.165) is 39.3 Å². The Morgan fingerprint density at radius 1 is 1.28 bits per heavy atom. The maximum atomic E-state index is 5.64. The zero-order valence-electron chi connectivity index (χ0n) is 13.2. The van der Waals surface area contributed by atoms with E-state index in [4.69, 9.17) is 4.74 Å². The predicted octanol–water partition coefficient (Wildman–Crippen LogP) is 2.51. The van der Waals surface area contributed by atoms with Gasteiger partial charge in [0, 0.05) is 37.8 Å². The van der Waals surface area contributed by atoms with Crippen molar-refractivity contribution in [1.82, 2.24) is 10.2 Å². The maximum absolute atomic E-state index is 5.64. The Hall–Kier alpha value is -0.120. The number of rotatable bonds is 5. The first-order valence-corrected chi connectivity index (χ1v) is 7.33. The Bertz CT molecular complexity index is 245. The lowest BCUT2D eigenvalue weighted by Crippen LogP contribution is -2.65. The van der Waals surface area contributed by atoms with Gasteiger partial charge in [0.15, 0.2) is 0 Å². The van der Waals surface area contributed by atoms with E-state index < -0.39 is 0 Å². The molecule has 1 atom stereocenters. The summed E-state index contributed by atoms with van der Waals surface area (Å²) in [7, 11) is 0. The van der Waals surface area contributed by atoms with Gasteiger partial charge in [-0.15, -0.1) is 0 Å². The van der Waals surface area contributed by atoms with Crippen LogP contribution in [0.2, 0.25) is 0 Å². The third-order valence-electron chi connectivity index (χ3n) is 3.94. The lowest BCUT2D eigenvalue weighted by atomic mass is 9.83. The fourth-order valence-corrected chi connectivity index (χ4v) is 2.41. The molecule has 0 aliphatic carbocycles. The third kappa shape index (κ3) is 4.52. The van der Waals surface area contributed by atoms with Gasteiger partial charge in [-0.25, -0.2) is 0 Å². The van der Waals surface area contributed by atoms with E-state index in [1.165, 1.54) is 0 Å². The Morgan fingerprint density at radius 2 is 1.94 bits per heavy atom. The van der Waals surface area contributed by atoms with E-state index in [1.54, 1.807) is 0 Å². The van der Waals surface area contributed by atoms with Crippen LogP contribution < -0.4 is 5.32 Å². The minimum atomic E-state index is 0.233. The quantitative estimate of drug-likeness (QED) is 0.765. The maximum Gasteiger partial charge on any atom is 0.0593 e. The molecule has 108 valence electrons. The Morgan fingerprint density at radius 3 is 2.50 bits per heavy atom. The van der Waals surface area contributed by atoms with Crippen molar-refractivity contribution in [3.05, 3.63) is 0 Å². The number of hydrogen-bond donors (Lipinski definition) is 1. The molecule has 3 heteroatoms. The second kappa shape index (κ2) is 6.36. The van der Waals surface area contributed by atoms with Crippen LogP contribution in [0.4, 0.5) is 0 Å². The first kappa shape index (κ1) is 15.9. The first-order chi connectivity index (χ1) is 8.27. The number of piperazine rings is 1. The zero-order valence-corrected chi connectivity index (χ0v) is 13.2. The lowest BCUT2D eigenvalue weighted by molar-refractivity contribution is 0.00986. The molecular weight excluding hydrogens is 224 g/mol. The zero-order chi connectivity index (χ0) is 13.8. The van der Waals surface area contributed by atoms with E-state index in [1.807, 2.05) is 0 Å². The van der Waals surface area contributed by atoms with Crippen LogP contribution in [0.1, 0.15) is 48.0 Å². The SMILES string of the molecule is CCCOCCN1CC(C(C)(C)C)NCC1(C)C. The van der Waals surface area contributed by atoms with Crippen molar-refractivity contribution in [3.63, 3.8) is 0 Å². The van der Waals surface area contributed by atoms with Crippen molar-refractivity contribution in [2.24, 2.45) is 5.41 Å². The van der Waals surface area contributed by atoms with Crippen LogP contribution in [0.15, 0.2) is 0 Å². The summed E-state index contributed by atoms with van der Waals surface area (Å²) in [6.07, 6.45) is 1.11. The second-order valence-corrected chi connectivity index (χ2v) is 7.17. The number of ether oxygens (including phenoxy) is 1. The largest absolute Gasteiger partial charge is 0.380 e. The molecule has 0 aromatic heterocycles. The molecule has 1 unspecified atom stereocenters. The molecule has 0 bridgehead atoms. The summed E-state index contributed by atoms with van der Waals surface area (Å²) in [6, 6.07) is 0.566. The van der Waals surface area contributed by atoms with Gasteiger partial charge in [-0.1, -0.05) is 27.7 Å². The van der Waals surface area contributed by atoms with Crippen molar-refractivity contribution in [2.45, 2.75) is 59.5 Å². The highest BCUT2D eigenvalue weighted by molar-refractivity contribution is 4.96. The molecule has 0 spiro atoms. The molecule has 0 aromatic rings. The Kier molecular flexibility index (Phi) is 5.63. The molecule has 18 heavy (non-hydrogen) atoms. The van der Waals surface area contributed by atoms with Gasteiger partial charge >= 0.3 is 0 Å². The highest BCUT2D eigenvalue weighted by Gasteiger charge is 2.37. The minimum absolute atomic E-state index is 0.233. The van der Waals surface area contributed by atoms with Gasteiger partial charge in [0.05, 0.1) is 6.61 Å². The van der Waals surface area contributed by atoms with Crippen LogP contribution in [0.3, 0.4) is 0 Å². The van der Waals surface area contributed by atoms with Crippen molar-refractivity contribution in [3.8, 4) is 0 Å². The summed E-state index contributed by atoms with van der Waals surface area (Å²) >= 11 is 0. The number of nitrogens with zero attached hydrogens (tertiary/aromatic N) is 1. The summed E-state index contributed by atoms with van der Waals surface area (Å²) < 4.78 is 5.64. The van der Waals surface area contributed by atoms with Crippen molar-refractivity contribution >= 4 is 0 Å². The molecule has 0 radical (unpaired) electrons. The highest BCUT2D eigenvalue weighted by atomic mass is 16.5. The minimum Gasteiger partial charge on any atom is -0.380 e. The van der Waals surface area contributed by atoms with Crippen LogP contribution in [-0.2, 0) is 4.74 Å². The number of nitrogens with one attached hydrogen (secondary N) is 1. The fourth-order valence-electron chi connectivity index (χ4n) is 2.41. The van der Waals surface area contributed by atoms with Gasteiger partial charge in [0.1, 0.15) is 0 Å². The third-order valence-corrected chi connectivity index (χ3v) is 3.94. The summed E-state index contributed by atoms with van der Waals surface area (Å²) in [5, 5.41) is 3.70. The molecule has 0 amide bonds. The molecule has 1 heterocycles. The Balaban J connectivity index is 2.50. The van der Waals surface area contributed by atoms with Gasteiger partial charge in [-0.2, -0.15) is 0 Å². The van der Waals surface area contributed by atoms with E-state index in [-0.39, 0.29) is 5.54 Å². The van der Waals surface area contributed by atoms with E-state index in [0.29, 0.717) is 11.5 Å². The van der Waals surface area contributed by atoms with Gasteiger partial charge in [0.25, 0.3) is 0 Å². The van der Waals surface area contributed by atoms with E-state index >= 15 is 0 Å². The van der Waals surface area contributed by atoms with Crippen molar-refractivity contribution < 1.29 is 4.74 Å². The highest BCUT2D eigenvalue weighted by Crippen LogP contribution is 2.27. The summed E-state index contributed by atoms with van der Waals surface area (Å²) in [5.74, 6) is 0. The van der Waals surface area contributed by atoms with Gasteiger partial charge in [0.2, 0.25) is 0 Å². The van der Waals surface area contributed by atoms with Crippen molar-refractivity contribution in [1.29, 1.82) is 0 Å². The van der Waals surface area contributed by atoms with Gasteiger partial charge in [-0.05, 0) is 25.7 Å². The van der Waals surface area contributed by atoms with Crippen molar-refractivity contribution in [2.75, 3.05) is 32.8 Å². The predicted molar refractivity (Wildman–Crippen MR) is 78.0 cm³/mol. The van der Waals surface area contributed by atoms with Gasteiger partial charge < -0.3 is 10.1 Å². The average Bonchev–Trinajstić information content (AvgIpc) is 2.24. The lowest BCUT2D eigenvalue weighted by Gasteiger charge is -2.49. The smallest absolute Gasteiger partial charge is 0.0593 e. The van der Waals surface area contributed by atoms with E-state index in [2.05, 4.69) is 51.8 Å². The summed E-state index contributed by atoms with van der Waals surface area (Å²) in [6.45, 7) is 18.7. The van der Waals surface area contributed by atoms with Crippen LogP contribution in [0.25, 0.3) is 0 Å². The van der Waals surface area contributed by atoms with Gasteiger partial charge in [-0.3, -0.25) is 4.90 Å². The molecule has 1 aliphatic heterocycles. The molecule has 1 aliphatic rings. The Labute approximate surface area is 113 Å². The molecule has 1 saturated heterocycles. The molecule has 3 nitrogen and oxygen atoms in total. The molecule has 1 N–H and O–H groups in total. The van der Waals surface area contributed by atoms with E-state index in [9.17, 15) is 0 Å². The first-order valence-electron chi connectivity index (χ1n) is 7.33. The second-order valence-electron chi connectivity index (χ2n) is 7.17. The van der Waals surface area contributed by atoms with Crippen LogP contribution >= 0.6 is 0 Å². The molecule has 1 rings (SSSR count). The van der Waals surface area contributed by atoms with Crippen LogP contribution in [0, 0.1) is 5.41 Å². The standard InChI is InChI=1S/C15H32N2O/c1-7-9-18-10-8-17-11-13(14(2,3)4)16-12-15(17,5)6/h13,16H,7-12H2,1-6H3. The van der Waals surface area contributed by atoms with Crippen LogP contribution in [-0.4, -0.2) is 49.3 Å². The van der Waals surface area contributed by atoms with Crippen LogP contribution in [0.5, 0.6) is 0 Å². The molecule has 0 saturated carbocycles. The summed E-state index contributed by atoms with van der Waals surface area (Å²) in [5.41, 5.74) is 0.552. The molecule has 1 fully saturated rings. The topological polar surface area (TPSA) is 24.5 Å². The number of hydrogen-bond acceptors (Lipinski definition) is 3. The summed E-state index contributed by atoms with van der Waals surface area (Å²) in [4.78, 5) is 2.58. The average molecular weight is 256 g/mol. The monoisotopic (exact) mass is 256 g/mol. The molecule has 0 aromatic carbocycles. The fraction of sp³-hybridized carbons (Fsp3) is 1.00. The molecular formula is C15H32N2O.